The van der Waals surface area contributed by atoms with E-state index in [1.807, 2.05) is 36.9 Å². The molecule has 1 N–H and O–H groups in total. The molecule has 2 fully saturated rings. The Labute approximate surface area is 190 Å². The van der Waals surface area contributed by atoms with Gasteiger partial charge in [0, 0.05) is 30.5 Å². The number of benzene rings is 1. The lowest BCUT2D eigenvalue weighted by molar-refractivity contribution is -0.129. The Balaban J connectivity index is 1.73. The molecule has 1 heterocycles. The molecule has 1 saturated heterocycles. The van der Waals surface area contributed by atoms with E-state index in [-0.39, 0.29) is 41.2 Å². The number of halogens is 1. The second-order valence-electron chi connectivity index (χ2n) is 9.34. The molecule has 170 valence electrons. The monoisotopic (exact) mass is 446 g/mol. The standard InChI is InChI=1S/C25H35ClN2O3/c1-17(2)24(30)23(18-8-4-3-5-9-18)27-25(31)20-11-6-10-19(14-20)21-12-7-13-28(16-21)22(29)15-26/h6,10-11,14,17-18,21,23H,3-5,7-9,12-13,15-16H2,1-2H3,(H,27,31). The van der Waals surface area contributed by atoms with Crippen molar-refractivity contribution in [2.75, 3.05) is 19.0 Å². The molecule has 2 unspecified atom stereocenters. The fraction of sp³-hybridized carbons (Fsp3) is 0.640. The first kappa shape index (κ1) is 23.8. The average molecular weight is 447 g/mol. The lowest BCUT2D eigenvalue weighted by atomic mass is 9.80. The van der Waals surface area contributed by atoms with Gasteiger partial charge in [0.1, 0.15) is 5.88 Å². The third-order valence-electron chi connectivity index (χ3n) is 6.79. The van der Waals surface area contributed by atoms with E-state index in [4.69, 9.17) is 11.6 Å². The average Bonchev–Trinajstić information content (AvgIpc) is 2.82. The number of nitrogens with zero attached hydrogens (tertiary/aromatic N) is 1. The maximum absolute atomic E-state index is 13.1. The molecule has 1 aliphatic heterocycles. The van der Waals surface area contributed by atoms with Crippen molar-refractivity contribution in [3.05, 3.63) is 35.4 Å². The predicted molar refractivity (Wildman–Crippen MR) is 123 cm³/mol. The number of ketones is 1. The molecule has 1 aromatic rings. The van der Waals surface area contributed by atoms with Crippen LogP contribution in [-0.2, 0) is 9.59 Å². The van der Waals surface area contributed by atoms with Crippen LogP contribution in [0.1, 0.15) is 80.6 Å². The molecular formula is C25H35ClN2O3. The van der Waals surface area contributed by atoms with E-state index in [2.05, 4.69) is 5.32 Å². The second-order valence-corrected chi connectivity index (χ2v) is 9.61. The van der Waals surface area contributed by atoms with Gasteiger partial charge in [-0.15, -0.1) is 11.6 Å². The van der Waals surface area contributed by atoms with Crippen molar-refractivity contribution in [1.82, 2.24) is 10.2 Å². The number of Topliss-reactive ketones (excluding diaryl/α,β-unsaturated/α-hetero) is 1. The highest BCUT2D eigenvalue weighted by Crippen LogP contribution is 2.30. The first-order valence-electron chi connectivity index (χ1n) is 11.7. The number of rotatable bonds is 7. The van der Waals surface area contributed by atoms with Gasteiger partial charge in [-0.1, -0.05) is 45.2 Å². The zero-order valence-electron chi connectivity index (χ0n) is 18.7. The summed E-state index contributed by atoms with van der Waals surface area (Å²) in [4.78, 5) is 39.8. The van der Waals surface area contributed by atoms with Gasteiger partial charge in [0.05, 0.1) is 6.04 Å². The third kappa shape index (κ3) is 6.09. The van der Waals surface area contributed by atoms with Crippen LogP contribution < -0.4 is 5.32 Å². The van der Waals surface area contributed by atoms with Gasteiger partial charge in [-0.2, -0.15) is 0 Å². The van der Waals surface area contributed by atoms with Crippen molar-refractivity contribution in [1.29, 1.82) is 0 Å². The van der Waals surface area contributed by atoms with Crippen LogP contribution in [0.15, 0.2) is 24.3 Å². The van der Waals surface area contributed by atoms with E-state index in [0.29, 0.717) is 12.1 Å². The lowest BCUT2D eigenvalue weighted by Gasteiger charge is -2.33. The number of carbonyl (C=O) groups excluding carboxylic acids is 3. The number of hydrogen-bond acceptors (Lipinski definition) is 3. The summed E-state index contributed by atoms with van der Waals surface area (Å²) < 4.78 is 0. The number of amides is 2. The van der Waals surface area contributed by atoms with Crippen molar-refractivity contribution < 1.29 is 14.4 Å². The normalized spacial score (nSPS) is 21.0. The van der Waals surface area contributed by atoms with Crippen LogP contribution in [-0.4, -0.2) is 47.5 Å². The van der Waals surface area contributed by atoms with Gasteiger partial charge in [-0.05, 0) is 49.3 Å². The highest BCUT2D eigenvalue weighted by atomic mass is 35.5. The maximum Gasteiger partial charge on any atom is 0.251 e. The van der Waals surface area contributed by atoms with Gasteiger partial charge in [-0.25, -0.2) is 0 Å². The Morgan fingerprint density at radius 2 is 1.84 bits per heavy atom. The molecule has 1 saturated carbocycles. The molecule has 1 aromatic carbocycles. The van der Waals surface area contributed by atoms with Crippen LogP contribution in [0.5, 0.6) is 0 Å². The minimum atomic E-state index is -0.414. The first-order valence-corrected chi connectivity index (χ1v) is 12.2. The molecule has 0 radical (unpaired) electrons. The molecule has 2 aliphatic rings. The van der Waals surface area contributed by atoms with Crippen molar-refractivity contribution in [2.45, 2.75) is 70.8 Å². The zero-order valence-corrected chi connectivity index (χ0v) is 19.5. The summed E-state index contributed by atoms with van der Waals surface area (Å²) in [6.07, 6.45) is 7.35. The molecule has 0 spiro atoms. The summed E-state index contributed by atoms with van der Waals surface area (Å²) >= 11 is 5.73. The molecule has 3 rings (SSSR count). The highest BCUT2D eigenvalue weighted by Gasteiger charge is 2.32. The SMILES string of the molecule is CC(C)C(=O)C(NC(=O)c1cccc(C2CCCN(C(=O)CCl)C2)c1)C1CCCCC1. The quantitative estimate of drug-likeness (QED) is 0.625. The van der Waals surface area contributed by atoms with E-state index >= 15 is 0 Å². The fourth-order valence-electron chi connectivity index (χ4n) is 4.97. The zero-order chi connectivity index (χ0) is 22.4. The smallest absolute Gasteiger partial charge is 0.251 e. The van der Waals surface area contributed by atoms with E-state index in [9.17, 15) is 14.4 Å². The number of nitrogens with one attached hydrogen (secondary N) is 1. The van der Waals surface area contributed by atoms with Crippen molar-refractivity contribution >= 4 is 29.2 Å². The summed E-state index contributed by atoms with van der Waals surface area (Å²) in [7, 11) is 0. The third-order valence-corrected chi connectivity index (χ3v) is 7.02. The molecule has 2 amide bonds. The van der Waals surface area contributed by atoms with Gasteiger partial charge in [0.2, 0.25) is 5.91 Å². The maximum atomic E-state index is 13.1. The van der Waals surface area contributed by atoms with Gasteiger partial charge in [-0.3, -0.25) is 14.4 Å². The summed E-state index contributed by atoms with van der Waals surface area (Å²) in [5.74, 6) is 0.218. The Morgan fingerprint density at radius 1 is 1.10 bits per heavy atom. The highest BCUT2D eigenvalue weighted by molar-refractivity contribution is 6.27. The number of hydrogen-bond donors (Lipinski definition) is 1. The van der Waals surface area contributed by atoms with E-state index in [1.54, 1.807) is 6.07 Å². The lowest BCUT2D eigenvalue weighted by Crippen LogP contribution is -2.48. The Bertz CT molecular complexity index is 789. The first-order chi connectivity index (χ1) is 14.9. The molecule has 1 aliphatic carbocycles. The Kier molecular flexibility index (Phi) is 8.53. The minimum Gasteiger partial charge on any atom is -0.342 e. The Hall–Kier alpha value is -1.88. The number of piperidine rings is 1. The largest absolute Gasteiger partial charge is 0.342 e. The van der Waals surface area contributed by atoms with E-state index < -0.39 is 6.04 Å². The molecule has 0 aromatic heterocycles. The summed E-state index contributed by atoms with van der Waals surface area (Å²) in [5.41, 5.74) is 1.64. The van der Waals surface area contributed by atoms with Crippen LogP contribution >= 0.6 is 11.6 Å². The van der Waals surface area contributed by atoms with Gasteiger partial charge in [0.25, 0.3) is 5.91 Å². The van der Waals surface area contributed by atoms with Gasteiger partial charge in [0.15, 0.2) is 5.78 Å². The molecule has 0 bridgehead atoms. The summed E-state index contributed by atoms with van der Waals surface area (Å²) in [6, 6.07) is 7.23. The van der Waals surface area contributed by atoms with Crippen LogP contribution in [0.25, 0.3) is 0 Å². The fourth-order valence-corrected chi connectivity index (χ4v) is 5.14. The van der Waals surface area contributed by atoms with Gasteiger partial charge >= 0.3 is 0 Å². The summed E-state index contributed by atoms with van der Waals surface area (Å²) in [5, 5.41) is 3.08. The van der Waals surface area contributed by atoms with Crippen molar-refractivity contribution in [3.63, 3.8) is 0 Å². The molecule has 6 heteroatoms. The van der Waals surface area contributed by atoms with Crippen molar-refractivity contribution in [3.8, 4) is 0 Å². The van der Waals surface area contributed by atoms with E-state index in [1.165, 1.54) is 6.42 Å². The van der Waals surface area contributed by atoms with E-state index in [0.717, 1.165) is 50.6 Å². The number of alkyl halides is 1. The molecular weight excluding hydrogens is 412 g/mol. The number of carbonyl (C=O) groups is 3. The minimum absolute atomic E-state index is 0.00159. The number of likely N-dealkylation sites (tertiary alicyclic amines) is 1. The predicted octanol–water partition coefficient (Wildman–Crippen LogP) is 4.54. The molecule has 5 nitrogen and oxygen atoms in total. The van der Waals surface area contributed by atoms with Gasteiger partial charge < -0.3 is 10.2 Å². The van der Waals surface area contributed by atoms with Crippen LogP contribution in [0.4, 0.5) is 0 Å². The second kappa shape index (κ2) is 11.1. The topological polar surface area (TPSA) is 66.5 Å². The molecule has 31 heavy (non-hydrogen) atoms. The molecule has 2 atom stereocenters. The van der Waals surface area contributed by atoms with Crippen LogP contribution in [0.3, 0.4) is 0 Å². The van der Waals surface area contributed by atoms with Crippen LogP contribution in [0.2, 0.25) is 0 Å². The Morgan fingerprint density at radius 3 is 2.52 bits per heavy atom. The summed E-state index contributed by atoms with van der Waals surface area (Å²) in [6.45, 7) is 5.18. The van der Waals surface area contributed by atoms with Crippen LogP contribution in [0, 0.1) is 11.8 Å². The van der Waals surface area contributed by atoms with Crippen molar-refractivity contribution in [2.24, 2.45) is 11.8 Å².